The Balaban J connectivity index is 1.93. The van der Waals surface area contributed by atoms with Crippen LogP contribution in [-0.2, 0) is 20.6 Å². The first kappa shape index (κ1) is 16.0. The molecule has 1 aliphatic heterocycles. The number of nitrogens with zero attached hydrogens (tertiary/aromatic N) is 3. The van der Waals surface area contributed by atoms with Gasteiger partial charge in [-0.1, -0.05) is 29.8 Å². The molecule has 1 atom stereocenters. The molecule has 0 saturated carbocycles. The van der Waals surface area contributed by atoms with Crippen molar-refractivity contribution in [3.05, 3.63) is 67.4 Å². The Labute approximate surface area is 139 Å². The highest BCUT2D eigenvalue weighted by Crippen LogP contribution is 2.36. The minimum absolute atomic E-state index is 0.225. The summed E-state index contributed by atoms with van der Waals surface area (Å²) in [7, 11) is 3.20. The third-order valence-corrected chi connectivity index (χ3v) is 4.96. The second-order valence-corrected chi connectivity index (χ2v) is 6.43. The first-order chi connectivity index (χ1) is 11.0. The zero-order chi connectivity index (χ0) is 16.6. The third kappa shape index (κ3) is 2.99. The summed E-state index contributed by atoms with van der Waals surface area (Å²) in [6, 6.07) is 9.64. The average Bonchev–Trinajstić information content (AvgIpc) is 2.99. The number of benzene rings is 1. The van der Waals surface area contributed by atoms with Crippen LogP contribution >= 0.6 is 11.6 Å². The SMILES string of the molecule is Cn1c(CN2CCC[C@H]2c2ccccc2Cl)cc(=O)n(C)c1=O. The molecule has 6 heteroatoms. The van der Waals surface area contributed by atoms with E-state index in [-0.39, 0.29) is 17.3 Å². The summed E-state index contributed by atoms with van der Waals surface area (Å²) in [5, 5.41) is 0.766. The van der Waals surface area contributed by atoms with E-state index in [1.165, 1.54) is 7.05 Å². The van der Waals surface area contributed by atoms with E-state index in [1.807, 2.05) is 24.3 Å². The molecule has 23 heavy (non-hydrogen) atoms. The predicted octanol–water partition coefficient (Wildman–Crippen LogP) is 2.07. The fourth-order valence-corrected chi connectivity index (χ4v) is 3.51. The highest BCUT2D eigenvalue weighted by atomic mass is 35.5. The molecule has 2 aromatic rings. The van der Waals surface area contributed by atoms with Gasteiger partial charge in [0.1, 0.15) is 0 Å². The molecule has 122 valence electrons. The number of hydrogen-bond donors (Lipinski definition) is 0. The maximum atomic E-state index is 12.1. The van der Waals surface area contributed by atoms with Crippen LogP contribution in [0, 0.1) is 0 Å². The van der Waals surface area contributed by atoms with Gasteiger partial charge in [-0.25, -0.2) is 4.79 Å². The first-order valence-electron chi connectivity index (χ1n) is 7.73. The lowest BCUT2D eigenvalue weighted by molar-refractivity contribution is 0.241. The Morgan fingerprint density at radius 2 is 1.91 bits per heavy atom. The van der Waals surface area contributed by atoms with Gasteiger partial charge in [-0.3, -0.25) is 18.8 Å². The van der Waals surface area contributed by atoms with Crippen molar-refractivity contribution in [2.75, 3.05) is 6.54 Å². The quantitative estimate of drug-likeness (QED) is 0.864. The van der Waals surface area contributed by atoms with Crippen LogP contribution in [0.2, 0.25) is 5.02 Å². The third-order valence-electron chi connectivity index (χ3n) is 4.62. The van der Waals surface area contributed by atoms with Crippen LogP contribution in [0.3, 0.4) is 0 Å². The van der Waals surface area contributed by atoms with E-state index in [9.17, 15) is 9.59 Å². The molecule has 0 amide bonds. The minimum Gasteiger partial charge on any atom is -0.299 e. The van der Waals surface area contributed by atoms with Gasteiger partial charge in [-0.05, 0) is 31.0 Å². The zero-order valence-corrected chi connectivity index (χ0v) is 14.1. The Morgan fingerprint density at radius 3 is 2.65 bits per heavy atom. The summed E-state index contributed by atoms with van der Waals surface area (Å²) in [5.74, 6) is 0. The van der Waals surface area contributed by atoms with E-state index < -0.39 is 0 Å². The number of likely N-dealkylation sites (tertiary alicyclic amines) is 1. The fraction of sp³-hybridized carbons (Fsp3) is 0.412. The Kier molecular flexibility index (Phi) is 4.41. The van der Waals surface area contributed by atoms with Gasteiger partial charge in [-0.15, -0.1) is 0 Å². The van der Waals surface area contributed by atoms with Gasteiger partial charge in [0.25, 0.3) is 5.56 Å². The smallest absolute Gasteiger partial charge is 0.299 e. The fourth-order valence-electron chi connectivity index (χ4n) is 3.25. The molecule has 1 aliphatic rings. The van der Waals surface area contributed by atoms with Crippen molar-refractivity contribution < 1.29 is 0 Å². The normalized spacial score (nSPS) is 18.5. The zero-order valence-electron chi connectivity index (χ0n) is 13.3. The summed E-state index contributed by atoms with van der Waals surface area (Å²) in [6.45, 7) is 1.50. The van der Waals surface area contributed by atoms with Gasteiger partial charge in [0, 0.05) is 43.5 Å². The number of halogens is 1. The van der Waals surface area contributed by atoms with Gasteiger partial charge < -0.3 is 0 Å². The average molecular weight is 334 g/mol. The molecule has 3 rings (SSSR count). The van der Waals surface area contributed by atoms with Crippen LogP contribution in [-0.4, -0.2) is 20.6 Å². The van der Waals surface area contributed by atoms with Crippen molar-refractivity contribution in [2.24, 2.45) is 14.1 Å². The lowest BCUT2D eigenvalue weighted by atomic mass is 10.0. The minimum atomic E-state index is -0.291. The first-order valence-corrected chi connectivity index (χ1v) is 8.11. The van der Waals surface area contributed by atoms with Crippen LogP contribution in [0.25, 0.3) is 0 Å². The molecule has 2 heterocycles. The molecule has 0 bridgehead atoms. The van der Waals surface area contributed by atoms with Gasteiger partial charge >= 0.3 is 5.69 Å². The van der Waals surface area contributed by atoms with Crippen molar-refractivity contribution in [1.82, 2.24) is 14.0 Å². The number of aromatic nitrogens is 2. The molecular formula is C17H20ClN3O2. The molecule has 0 unspecified atom stereocenters. The second-order valence-electron chi connectivity index (χ2n) is 6.02. The molecule has 1 saturated heterocycles. The van der Waals surface area contributed by atoms with Crippen LogP contribution in [0.4, 0.5) is 0 Å². The topological polar surface area (TPSA) is 47.2 Å². The van der Waals surface area contributed by atoms with E-state index in [4.69, 9.17) is 11.6 Å². The van der Waals surface area contributed by atoms with E-state index >= 15 is 0 Å². The predicted molar refractivity (Wildman–Crippen MR) is 90.8 cm³/mol. The molecule has 0 aliphatic carbocycles. The van der Waals surface area contributed by atoms with Crippen LogP contribution in [0.1, 0.15) is 30.1 Å². The van der Waals surface area contributed by atoms with Gasteiger partial charge in [0.2, 0.25) is 0 Å². The van der Waals surface area contributed by atoms with Crippen molar-refractivity contribution in [2.45, 2.75) is 25.4 Å². The van der Waals surface area contributed by atoms with Crippen molar-refractivity contribution in [1.29, 1.82) is 0 Å². The van der Waals surface area contributed by atoms with Gasteiger partial charge in [-0.2, -0.15) is 0 Å². The van der Waals surface area contributed by atoms with Crippen LogP contribution in [0.5, 0.6) is 0 Å². The molecular weight excluding hydrogens is 314 g/mol. The Bertz CT molecular complexity index is 840. The lowest BCUT2D eigenvalue weighted by Crippen LogP contribution is -2.39. The van der Waals surface area contributed by atoms with Crippen molar-refractivity contribution in [3.8, 4) is 0 Å². The monoisotopic (exact) mass is 333 g/mol. The maximum Gasteiger partial charge on any atom is 0.330 e. The highest BCUT2D eigenvalue weighted by Gasteiger charge is 2.28. The highest BCUT2D eigenvalue weighted by molar-refractivity contribution is 6.31. The molecule has 0 radical (unpaired) electrons. The van der Waals surface area contributed by atoms with Gasteiger partial charge in [0.05, 0.1) is 0 Å². The van der Waals surface area contributed by atoms with E-state index in [1.54, 1.807) is 17.7 Å². The molecule has 0 N–H and O–H groups in total. The lowest BCUT2D eigenvalue weighted by Gasteiger charge is -2.26. The van der Waals surface area contributed by atoms with E-state index in [2.05, 4.69) is 4.90 Å². The molecule has 1 aromatic carbocycles. The van der Waals surface area contributed by atoms with Crippen molar-refractivity contribution >= 4 is 11.6 Å². The van der Waals surface area contributed by atoms with E-state index in [0.717, 1.165) is 40.2 Å². The summed E-state index contributed by atoms with van der Waals surface area (Å²) in [6.07, 6.45) is 2.11. The molecule has 0 spiro atoms. The maximum absolute atomic E-state index is 12.1. The van der Waals surface area contributed by atoms with Crippen LogP contribution in [0.15, 0.2) is 39.9 Å². The second kappa shape index (κ2) is 6.34. The summed E-state index contributed by atoms with van der Waals surface area (Å²) in [5.41, 5.74) is 1.29. The molecule has 1 aromatic heterocycles. The summed E-state index contributed by atoms with van der Waals surface area (Å²) >= 11 is 6.34. The molecule has 1 fully saturated rings. The largest absolute Gasteiger partial charge is 0.330 e. The standard InChI is InChI=1S/C17H20ClN3O2/c1-19-12(10-16(22)20(2)17(19)23)11-21-9-5-8-15(21)13-6-3-4-7-14(13)18/h3-4,6-7,10,15H,5,8-9,11H2,1-2H3/t15-/m0/s1. The van der Waals surface area contributed by atoms with Gasteiger partial charge in [0.15, 0.2) is 0 Å². The number of hydrogen-bond acceptors (Lipinski definition) is 3. The summed E-state index contributed by atoms with van der Waals surface area (Å²) in [4.78, 5) is 26.3. The molecule has 5 nitrogen and oxygen atoms in total. The summed E-state index contributed by atoms with van der Waals surface area (Å²) < 4.78 is 2.67. The Hall–Kier alpha value is -1.85. The number of rotatable bonds is 3. The Morgan fingerprint density at radius 1 is 1.17 bits per heavy atom. The van der Waals surface area contributed by atoms with Crippen LogP contribution < -0.4 is 11.2 Å². The van der Waals surface area contributed by atoms with Crippen molar-refractivity contribution in [3.63, 3.8) is 0 Å². The van der Waals surface area contributed by atoms with E-state index in [0.29, 0.717) is 6.54 Å².